The molecule has 1 aliphatic heterocycles. The topological polar surface area (TPSA) is 68.7 Å². The molecule has 2 heterocycles. The molecular formula is C19H30N4O2. The molecule has 0 bridgehead atoms. The van der Waals surface area contributed by atoms with Gasteiger partial charge in [-0.25, -0.2) is 4.98 Å². The van der Waals surface area contributed by atoms with E-state index in [1.807, 2.05) is 6.07 Å². The van der Waals surface area contributed by atoms with Gasteiger partial charge in [-0.1, -0.05) is 13.8 Å². The molecule has 1 saturated carbocycles. The zero-order valence-corrected chi connectivity index (χ0v) is 15.3. The van der Waals surface area contributed by atoms with Gasteiger partial charge < -0.3 is 15.3 Å². The van der Waals surface area contributed by atoms with Crippen molar-refractivity contribution in [3.8, 4) is 0 Å². The SMILES string of the molecule is CC(C)CN1CCN(c2cc(C(=O)NC3CC3)ccn2)CC1CCO. The highest BCUT2D eigenvalue weighted by atomic mass is 16.3. The molecule has 3 rings (SSSR count). The third kappa shape index (κ3) is 4.92. The number of amides is 1. The van der Waals surface area contributed by atoms with Crippen molar-refractivity contribution in [3.05, 3.63) is 23.9 Å². The fourth-order valence-electron chi connectivity index (χ4n) is 3.46. The number of hydrogen-bond acceptors (Lipinski definition) is 5. The number of piperazine rings is 1. The van der Waals surface area contributed by atoms with E-state index < -0.39 is 0 Å². The Morgan fingerprint density at radius 1 is 1.40 bits per heavy atom. The van der Waals surface area contributed by atoms with E-state index in [0.29, 0.717) is 23.6 Å². The first kappa shape index (κ1) is 18.1. The summed E-state index contributed by atoms with van der Waals surface area (Å²) < 4.78 is 0. The lowest BCUT2D eigenvalue weighted by molar-refractivity contribution is 0.0951. The normalized spacial score (nSPS) is 21.6. The fourth-order valence-corrected chi connectivity index (χ4v) is 3.46. The van der Waals surface area contributed by atoms with Gasteiger partial charge in [-0.3, -0.25) is 9.69 Å². The predicted octanol–water partition coefficient (Wildman–Crippen LogP) is 1.50. The molecule has 0 radical (unpaired) electrons. The summed E-state index contributed by atoms with van der Waals surface area (Å²) >= 11 is 0. The Morgan fingerprint density at radius 3 is 2.88 bits per heavy atom. The smallest absolute Gasteiger partial charge is 0.251 e. The van der Waals surface area contributed by atoms with E-state index in [1.165, 1.54) is 0 Å². The summed E-state index contributed by atoms with van der Waals surface area (Å²) in [5.41, 5.74) is 0.681. The van der Waals surface area contributed by atoms with Crippen LogP contribution >= 0.6 is 0 Å². The van der Waals surface area contributed by atoms with Crippen LogP contribution in [-0.2, 0) is 0 Å². The molecule has 2 fully saturated rings. The molecule has 1 amide bonds. The van der Waals surface area contributed by atoms with Gasteiger partial charge in [-0.05, 0) is 37.3 Å². The van der Waals surface area contributed by atoms with E-state index in [-0.39, 0.29) is 12.5 Å². The van der Waals surface area contributed by atoms with Crippen LogP contribution in [0.25, 0.3) is 0 Å². The van der Waals surface area contributed by atoms with Crippen LogP contribution in [0.15, 0.2) is 18.3 Å². The van der Waals surface area contributed by atoms with Crippen LogP contribution < -0.4 is 10.2 Å². The molecule has 1 atom stereocenters. The minimum absolute atomic E-state index is 0.00324. The summed E-state index contributed by atoms with van der Waals surface area (Å²) in [5, 5.41) is 12.5. The van der Waals surface area contributed by atoms with Crippen molar-refractivity contribution in [1.29, 1.82) is 0 Å². The number of rotatable bonds is 7. The Kier molecular flexibility index (Phi) is 5.91. The van der Waals surface area contributed by atoms with Crippen molar-refractivity contribution in [1.82, 2.24) is 15.2 Å². The van der Waals surface area contributed by atoms with Crippen molar-refractivity contribution in [2.75, 3.05) is 37.7 Å². The monoisotopic (exact) mass is 346 g/mol. The van der Waals surface area contributed by atoms with Gasteiger partial charge in [-0.2, -0.15) is 0 Å². The first-order chi connectivity index (χ1) is 12.1. The van der Waals surface area contributed by atoms with Crippen molar-refractivity contribution < 1.29 is 9.90 Å². The van der Waals surface area contributed by atoms with Crippen LogP contribution in [0, 0.1) is 5.92 Å². The van der Waals surface area contributed by atoms with Crippen molar-refractivity contribution in [2.45, 2.75) is 45.2 Å². The Balaban J connectivity index is 1.67. The van der Waals surface area contributed by atoms with E-state index in [1.54, 1.807) is 12.3 Å². The molecule has 6 heteroatoms. The second kappa shape index (κ2) is 8.15. The Morgan fingerprint density at radius 2 is 2.20 bits per heavy atom. The molecule has 1 saturated heterocycles. The van der Waals surface area contributed by atoms with Crippen molar-refractivity contribution in [3.63, 3.8) is 0 Å². The van der Waals surface area contributed by atoms with Crippen LogP contribution in [0.4, 0.5) is 5.82 Å². The lowest BCUT2D eigenvalue weighted by Crippen LogP contribution is -2.54. The standard InChI is InChI=1S/C19H30N4O2/c1-14(2)12-22-8-9-23(13-17(22)6-10-24)18-11-15(5-7-20-18)19(25)21-16-3-4-16/h5,7,11,14,16-17,24H,3-4,6,8-10,12-13H2,1-2H3,(H,21,25). The quantitative estimate of drug-likeness (QED) is 0.783. The van der Waals surface area contributed by atoms with Crippen LogP contribution in [0.3, 0.4) is 0 Å². The third-order valence-electron chi connectivity index (χ3n) is 4.91. The highest BCUT2D eigenvalue weighted by Gasteiger charge is 2.28. The van der Waals surface area contributed by atoms with Gasteiger partial charge in [0.1, 0.15) is 5.82 Å². The van der Waals surface area contributed by atoms with E-state index >= 15 is 0 Å². The molecule has 6 nitrogen and oxygen atoms in total. The summed E-state index contributed by atoms with van der Waals surface area (Å²) in [6.07, 6.45) is 4.67. The Labute approximate surface area is 150 Å². The second-order valence-electron chi connectivity index (χ2n) is 7.65. The highest BCUT2D eigenvalue weighted by molar-refractivity contribution is 5.95. The molecule has 1 aromatic heterocycles. The predicted molar refractivity (Wildman–Crippen MR) is 98.8 cm³/mol. The number of aliphatic hydroxyl groups is 1. The molecule has 25 heavy (non-hydrogen) atoms. The second-order valence-corrected chi connectivity index (χ2v) is 7.65. The number of pyridine rings is 1. The Bertz CT molecular complexity index is 589. The van der Waals surface area contributed by atoms with Crippen LogP contribution in [0.5, 0.6) is 0 Å². The van der Waals surface area contributed by atoms with E-state index in [2.05, 4.69) is 33.9 Å². The third-order valence-corrected chi connectivity index (χ3v) is 4.91. The number of carbonyl (C=O) groups is 1. The number of hydrogen-bond donors (Lipinski definition) is 2. The molecule has 2 N–H and O–H groups in total. The summed E-state index contributed by atoms with van der Waals surface area (Å²) in [4.78, 5) is 21.5. The molecule has 138 valence electrons. The molecule has 1 aromatic rings. The summed E-state index contributed by atoms with van der Waals surface area (Å²) in [6, 6.07) is 4.36. The minimum atomic E-state index is -0.00324. The summed E-state index contributed by atoms with van der Waals surface area (Å²) in [7, 11) is 0. The summed E-state index contributed by atoms with van der Waals surface area (Å²) in [5.74, 6) is 1.47. The lowest BCUT2D eigenvalue weighted by atomic mass is 10.1. The van der Waals surface area contributed by atoms with E-state index in [9.17, 15) is 9.90 Å². The molecule has 0 spiro atoms. The van der Waals surface area contributed by atoms with Crippen LogP contribution in [0.1, 0.15) is 43.5 Å². The number of carbonyl (C=O) groups excluding carboxylic acids is 1. The maximum absolute atomic E-state index is 12.3. The van der Waals surface area contributed by atoms with E-state index in [4.69, 9.17) is 0 Å². The van der Waals surface area contributed by atoms with Gasteiger partial charge in [0.15, 0.2) is 0 Å². The average molecular weight is 346 g/mol. The van der Waals surface area contributed by atoms with Gasteiger partial charge in [0.2, 0.25) is 0 Å². The molecule has 2 aliphatic rings. The van der Waals surface area contributed by atoms with Gasteiger partial charge in [0.25, 0.3) is 5.91 Å². The zero-order valence-electron chi connectivity index (χ0n) is 15.3. The zero-order chi connectivity index (χ0) is 17.8. The van der Waals surface area contributed by atoms with Gasteiger partial charge in [0.05, 0.1) is 0 Å². The maximum atomic E-state index is 12.3. The first-order valence-corrected chi connectivity index (χ1v) is 9.43. The van der Waals surface area contributed by atoms with Gasteiger partial charge >= 0.3 is 0 Å². The molecule has 0 aromatic carbocycles. The lowest BCUT2D eigenvalue weighted by Gasteiger charge is -2.42. The number of nitrogens with zero attached hydrogens (tertiary/aromatic N) is 3. The minimum Gasteiger partial charge on any atom is -0.396 e. The van der Waals surface area contributed by atoms with Crippen molar-refractivity contribution >= 4 is 11.7 Å². The molecular weight excluding hydrogens is 316 g/mol. The highest BCUT2D eigenvalue weighted by Crippen LogP contribution is 2.22. The van der Waals surface area contributed by atoms with Gasteiger partial charge in [0, 0.05) is 56.6 Å². The first-order valence-electron chi connectivity index (χ1n) is 9.43. The van der Waals surface area contributed by atoms with E-state index in [0.717, 1.165) is 51.3 Å². The number of anilines is 1. The number of aromatic nitrogens is 1. The number of nitrogens with one attached hydrogen (secondary N) is 1. The van der Waals surface area contributed by atoms with Crippen molar-refractivity contribution in [2.24, 2.45) is 5.92 Å². The Hall–Kier alpha value is -1.66. The average Bonchev–Trinajstić information content (AvgIpc) is 3.40. The fraction of sp³-hybridized carbons (Fsp3) is 0.684. The number of aliphatic hydroxyl groups excluding tert-OH is 1. The largest absolute Gasteiger partial charge is 0.396 e. The summed E-state index contributed by atoms with van der Waals surface area (Å²) in [6.45, 7) is 8.41. The molecule has 1 unspecified atom stereocenters. The molecule has 1 aliphatic carbocycles. The maximum Gasteiger partial charge on any atom is 0.251 e. The van der Waals surface area contributed by atoms with Gasteiger partial charge in [-0.15, -0.1) is 0 Å². The van der Waals surface area contributed by atoms with Crippen LogP contribution in [0.2, 0.25) is 0 Å². The van der Waals surface area contributed by atoms with Crippen LogP contribution in [-0.4, -0.2) is 65.8 Å².